The van der Waals surface area contributed by atoms with Gasteiger partial charge in [0.05, 0.1) is 5.69 Å². The van der Waals surface area contributed by atoms with Crippen molar-refractivity contribution in [1.82, 2.24) is 0 Å². The van der Waals surface area contributed by atoms with Crippen LogP contribution in [0, 0.1) is 0 Å². The number of amidine groups is 1. The Morgan fingerprint density at radius 3 is 2.00 bits per heavy atom. The minimum atomic E-state index is -4.60. The van der Waals surface area contributed by atoms with Crippen LogP contribution >= 0.6 is 0 Å². The molecule has 2 aromatic carbocycles. The van der Waals surface area contributed by atoms with Crippen molar-refractivity contribution in [2.45, 2.75) is 9.79 Å². The number of azo groups is 1. The number of rotatable bonds is 5. The predicted octanol–water partition coefficient (Wildman–Crippen LogP) is 1.17. The van der Waals surface area contributed by atoms with Crippen molar-refractivity contribution in [1.29, 1.82) is 0 Å². The van der Waals surface area contributed by atoms with Gasteiger partial charge in [-0.05, 0) is 24.3 Å². The molecule has 0 heterocycles. The number of amides is 1. The van der Waals surface area contributed by atoms with Crippen LogP contribution in [0.1, 0.15) is 0 Å². The van der Waals surface area contributed by atoms with Crippen LogP contribution in [0.25, 0.3) is 0 Å². The largest absolute Gasteiger partial charge is 0.363 e. The fourth-order valence-electron chi connectivity index (χ4n) is 1.88. The molecule has 2 rings (SSSR count). The van der Waals surface area contributed by atoms with E-state index in [4.69, 9.17) is 10.3 Å². The number of nitrogens with two attached hydrogens (primary N) is 1. The molecule has 0 unspecified atom stereocenters. The third-order valence-electron chi connectivity index (χ3n) is 3.06. The second-order valence-electron chi connectivity index (χ2n) is 5.03. The van der Waals surface area contributed by atoms with Crippen molar-refractivity contribution in [3.05, 3.63) is 48.5 Å². The number of hydrogen-bond donors (Lipinski definition) is 4. The smallest absolute Gasteiger partial charge is 0.296 e. The van der Waals surface area contributed by atoms with Gasteiger partial charge in [-0.25, -0.2) is 0 Å². The molecule has 0 bridgehead atoms. The summed E-state index contributed by atoms with van der Waals surface area (Å²) in [6.07, 6.45) is 0. The first-order chi connectivity index (χ1) is 13.0. The van der Waals surface area contributed by atoms with Gasteiger partial charge < -0.3 is 5.73 Å². The van der Waals surface area contributed by atoms with Crippen molar-refractivity contribution in [2.75, 3.05) is 5.43 Å². The van der Waals surface area contributed by atoms with E-state index in [-0.39, 0.29) is 11.4 Å². The highest BCUT2D eigenvalue weighted by molar-refractivity contribution is 7.86. The van der Waals surface area contributed by atoms with Crippen molar-refractivity contribution in [3.8, 4) is 0 Å². The van der Waals surface area contributed by atoms with Gasteiger partial charge in [-0.3, -0.25) is 19.3 Å². The first-order valence-corrected chi connectivity index (χ1v) is 10.1. The minimum absolute atomic E-state index is 0.183. The number of carbonyl (C=O) groups is 1. The number of primary amides is 1. The molecule has 0 fully saturated rings. The Morgan fingerprint density at radius 2 is 1.43 bits per heavy atom. The van der Waals surface area contributed by atoms with Crippen LogP contribution in [-0.2, 0) is 25.0 Å². The maximum atomic E-state index is 11.5. The van der Waals surface area contributed by atoms with E-state index < -0.39 is 41.8 Å². The number of benzene rings is 2. The molecule has 0 saturated heterocycles. The summed E-state index contributed by atoms with van der Waals surface area (Å²) < 4.78 is 63.6. The Bertz CT molecular complexity index is 1170. The van der Waals surface area contributed by atoms with Crippen LogP contribution < -0.4 is 11.2 Å². The van der Waals surface area contributed by atoms with E-state index in [2.05, 4.69) is 20.8 Å². The number of hydrogen-bond acceptors (Lipinski definition) is 8. The third-order valence-corrected chi connectivity index (χ3v) is 4.88. The van der Waals surface area contributed by atoms with Gasteiger partial charge in [0, 0.05) is 0 Å². The summed E-state index contributed by atoms with van der Waals surface area (Å²) in [6, 6.07) is 10.1. The van der Waals surface area contributed by atoms with E-state index in [0.29, 0.717) is 0 Å². The summed E-state index contributed by atoms with van der Waals surface area (Å²) in [5.74, 6) is -1.92. The van der Waals surface area contributed by atoms with Gasteiger partial charge in [0.2, 0.25) is 0 Å². The molecule has 28 heavy (non-hydrogen) atoms. The van der Waals surface area contributed by atoms with Gasteiger partial charge in [0.1, 0.15) is 15.5 Å². The number of hydrazone groups is 1. The van der Waals surface area contributed by atoms with E-state index in [1.807, 2.05) is 0 Å². The Balaban J connectivity index is 2.39. The molecule has 0 aromatic heterocycles. The summed E-state index contributed by atoms with van der Waals surface area (Å²) in [4.78, 5) is 10.4. The molecule has 12 nitrogen and oxygen atoms in total. The first-order valence-electron chi connectivity index (χ1n) is 7.18. The zero-order valence-corrected chi connectivity index (χ0v) is 15.4. The van der Waals surface area contributed by atoms with E-state index in [9.17, 15) is 26.2 Å². The van der Waals surface area contributed by atoms with Crippen LogP contribution in [0.2, 0.25) is 0 Å². The lowest BCUT2D eigenvalue weighted by molar-refractivity contribution is -0.112. The SMILES string of the molecule is NC(=O)C(N=Nc1ccccc1S(=O)(=O)O)=NNc1ccccc1S(=O)(=O)O. The number of carbonyl (C=O) groups excluding carboxylic acids is 1. The molecule has 0 aliphatic rings. The minimum Gasteiger partial charge on any atom is -0.363 e. The highest BCUT2D eigenvalue weighted by atomic mass is 32.2. The highest BCUT2D eigenvalue weighted by Crippen LogP contribution is 2.24. The maximum absolute atomic E-state index is 11.5. The number of nitrogens with one attached hydrogen (secondary N) is 1. The molecule has 1 amide bonds. The van der Waals surface area contributed by atoms with Crippen molar-refractivity contribution in [3.63, 3.8) is 0 Å². The van der Waals surface area contributed by atoms with Gasteiger partial charge >= 0.3 is 0 Å². The molecule has 2 aromatic rings. The van der Waals surface area contributed by atoms with Gasteiger partial charge in [-0.15, -0.1) is 15.3 Å². The number of nitrogens with zero attached hydrogens (tertiary/aromatic N) is 3. The summed E-state index contributed by atoms with van der Waals surface area (Å²) in [6.45, 7) is 0. The zero-order chi connectivity index (χ0) is 20.9. The predicted molar refractivity (Wildman–Crippen MR) is 97.3 cm³/mol. The summed E-state index contributed by atoms with van der Waals surface area (Å²) in [5, 5.41) is 10.5. The summed E-state index contributed by atoms with van der Waals surface area (Å²) in [7, 11) is -9.17. The van der Waals surface area contributed by atoms with Crippen LogP contribution in [-0.4, -0.2) is 37.7 Å². The van der Waals surface area contributed by atoms with Gasteiger partial charge in [0.15, 0.2) is 0 Å². The number of para-hydroxylation sites is 1. The van der Waals surface area contributed by atoms with E-state index >= 15 is 0 Å². The van der Waals surface area contributed by atoms with E-state index in [1.165, 1.54) is 36.4 Å². The molecule has 0 atom stereocenters. The third kappa shape index (κ3) is 5.40. The van der Waals surface area contributed by atoms with E-state index in [0.717, 1.165) is 12.1 Å². The van der Waals surface area contributed by atoms with Crippen molar-refractivity contribution in [2.24, 2.45) is 21.1 Å². The molecule has 5 N–H and O–H groups in total. The van der Waals surface area contributed by atoms with Crippen LogP contribution in [0.5, 0.6) is 0 Å². The normalized spacial score (nSPS) is 12.9. The Morgan fingerprint density at radius 1 is 0.893 bits per heavy atom. The number of anilines is 1. The van der Waals surface area contributed by atoms with E-state index in [1.54, 1.807) is 0 Å². The molecule has 148 valence electrons. The molecule has 0 aliphatic carbocycles. The average Bonchev–Trinajstić information content (AvgIpc) is 2.60. The molecular weight excluding hydrogens is 414 g/mol. The summed E-state index contributed by atoms with van der Waals surface area (Å²) >= 11 is 0. The van der Waals surface area contributed by atoms with Gasteiger partial charge in [-0.2, -0.15) is 16.8 Å². The lowest BCUT2D eigenvalue weighted by Gasteiger charge is -2.06. The monoisotopic (exact) mass is 427 g/mol. The van der Waals surface area contributed by atoms with Crippen molar-refractivity contribution < 1.29 is 30.7 Å². The molecular formula is C14H13N5O7S2. The molecule has 0 saturated carbocycles. The second kappa shape index (κ2) is 8.22. The Hall–Kier alpha value is -3.20. The summed E-state index contributed by atoms with van der Waals surface area (Å²) in [5.41, 5.74) is 6.85. The fraction of sp³-hybridized carbons (Fsp3) is 0. The van der Waals surface area contributed by atoms with Crippen LogP contribution in [0.4, 0.5) is 11.4 Å². The lowest BCUT2D eigenvalue weighted by Crippen LogP contribution is -2.22. The van der Waals surface area contributed by atoms with Gasteiger partial charge in [-0.1, -0.05) is 24.3 Å². The molecule has 14 heteroatoms. The first kappa shape index (κ1) is 21.1. The Kier molecular flexibility index (Phi) is 6.19. The molecule has 0 spiro atoms. The highest BCUT2D eigenvalue weighted by Gasteiger charge is 2.17. The van der Waals surface area contributed by atoms with Crippen molar-refractivity contribution >= 4 is 43.4 Å². The van der Waals surface area contributed by atoms with Gasteiger partial charge in [0.25, 0.3) is 32.0 Å². The topological polar surface area (TPSA) is 201 Å². The Labute approximate surface area is 159 Å². The quantitative estimate of drug-likeness (QED) is 0.179. The molecule has 0 radical (unpaired) electrons. The fourth-order valence-corrected chi connectivity index (χ4v) is 3.15. The zero-order valence-electron chi connectivity index (χ0n) is 13.8. The molecule has 0 aliphatic heterocycles. The lowest BCUT2D eigenvalue weighted by atomic mass is 10.3. The van der Waals surface area contributed by atoms with Crippen LogP contribution in [0.15, 0.2) is 73.7 Å². The second-order valence-corrected chi connectivity index (χ2v) is 7.81. The standard InChI is InChI=1S/C14H13N5O7S2/c15-13(20)14(18-16-9-5-1-3-7-11(9)27(21,22)23)19-17-10-6-2-4-8-12(10)28(24,25)26/h1-8,16H,(H2,15,20)(H,21,22,23)(H,24,25,26). The maximum Gasteiger partial charge on any atom is 0.296 e. The van der Waals surface area contributed by atoms with Crippen LogP contribution in [0.3, 0.4) is 0 Å². The average molecular weight is 427 g/mol.